The summed E-state index contributed by atoms with van der Waals surface area (Å²) in [7, 11) is 1.96. The van der Waals surface area contributed by atoms with Gasteiger partial charge in [-0.05, 0) is 53.9 Å². The summed E-state index contributed by atoms with van der Waals surface area (Å²) in [6.07, 6.45) is 0. The van der Waals surface area contributed by atoms with Gasteiger partial charge in [0.1, 0.15) is 12.4 Å². The van der Waals surface area contributed by atoms with Crippen LogP contribution in [0, 0.1) is 3.57 Å². The highest BCUT2D eigenvalue weighted by Gasteiger charge is 1.97. The number of ether oxygens (including phenoxy) is 2. The number of aliphatic hydroxyl groups excluding tert-OH is 1. The van der Waals surface area contributed by atoms with Crippen molar-refractivity contribution in [2.45, 2.75) is 0 Å². The Morgan fingerprint density at radius 1 is 1.11 bits per heavy atom. The molecule has 1 N–H and O–H groups in total. The maximum absolute atomic E-state index is 8.72. The fraction of sp³-hybridized carbons (Fsp3) is 0.538. The standard InChI is InChI=1S/C13H20INO3/c1-15(6-8-16)7-9-17-10-11-18-13-4-2-12(14)3-5-13/h2-5,16H,6-11H2,1H3. The van der Waals surface area contributed by atoms with Crippen LogP contribution in [-0.4, -0.2) is 56.6 Å². The minimum atomic E-state index is 0.187. The van der Waals surface area contributed by atoms with Gasteiger partial charge < -0.3 is 19.5 Å². The van der Waals surface area contributed by atoms with Gasteiger partial charge in [-0.1, -0.05) is 0 Å². The molecule has 1 aromatic rings. The van der Waals surface area contributed by atoms with Crippen molar-refractivity contribution in [3.63, 3.8) is 0 Å². The lowest BCUT2D eigenvalue weighted by molar-refractivity contribution is 0.0813. The lowest BCUT2D eigenvalue weighted by Gasteiger charge is -2.14. The molecule has 0 fully saturated rings. The van der Waals surface area contributed by atoms with Gasteiger partial charge in [-0.25, -0.2) is 0 Å². The third kappa shape index (κ3) is 7.15. The smallest absolute Gasteiger partial charge is 0.119 e. The van der Waals surface area contributed by atoms with Crippen molar-refractivity contribution >= 4 is 22.6 Å². The van der Waals surface area contributed by atoms with E-state index in [0.717, 1.165) is 12.3 Å². The van der Waals surface area contributed by atoms with Crippen LogP contribution in [0.25, 0.3) is 0 Å². The van der Waals surface area contributed by atoms with E-state index in [1.165, 1.54) is 3.57 Å². The largest absolute Gasteiger partial charge is 0.491 e. The summed E-state index contributed by atoms with van der Waals surface area (Å²) < 4.78 is 12.2. The predicted molar refractivity (Wildman–Crippen MR) is 80.1 cm³/mol. The Hall–Kier alpha value is -0.370. The van der Waals surface area contributed by atoms with E-state index in [1.807, 2.05) is 36.2 Å². The monoisotopic (exact) mass is 365 g/mol. The number of hydrogen-bond donors (Lipinski definition) is 1. The van der Waals surface area contributed by atoms with Crippen molar-refractivity contribution in [2.75, 3.05) is 46.6 Å². The van der Waals surface area contributed by atoms with E-state index >= 15 is 0 Å². The van der Waals surface area contributed by atoms with Gasteiger partial charge in [-0.3, -0.25) is 0 Å². The molecule has 0 atom stereocenters. The maximum atomic E-state index is 8.72. The highest BCUT2D eigenvalue weighted by atomic mass is 127. The van der Waals surface area contributed by atoms with Crippen LogP contribution in [0.2, 0.25) is 0 Å². The lowest BCUT2D eigenvalue weighted by Crippen LogP contribution is -2.26. The Labute approximate surface area is 122 Å². The van der Waals surface area contributed by atoms with Gasteiger partial charge in [0, 0.05) is 16.7 Å². The average Bonchev–Trinajstić information content (AvgIpc) is 2.36. The van der Waals surface area contributed by atoms with Crippen molar-refractivity contribution < 1.29 is 14.6 Å². The molecule has 0 saturated carbocycles. The van der Waals surface area contributed by atoms with Crippen LogP contribution in [0.1, 0.15) is 0 Å². The first-order valence-electron chi connectivity index (χ1n) is 5.98. The zero-order valence-corrected chi connectivity index (χ0v) is 12.8. The van der Waals surface area contributed by atoms with Crippen molar-refractivity contribution in [3.8, 4) is 5.75 Å². The van der Waals surface area contributed by atoms with E-state index in [1.54, 1.807) is 0 Å². The topological polar surface area (TPSA) is 41.9 Å². The van der Waals surface area contributed by atoms with Gasteiger partial charge >= 0.3 is 0 Å². The van der Waals surface area contributed by atoms with Crippen LogP contribution < -0.4 is 4.74 Å². The number of halogens is 1. The zero-order chi connectivity index (χ0) is 13.2. The Morgan fingerprint density at radius 3 is 2.50 bits per heavy atom. The van der Waals surface area contributed by atoms with Gasteiger partial charge in [-0.15, -0.1) is 0 Å². The number of likely N-dealkylation sites (N-methyl/N-ethyl adjacent to an activating group) is 1. The van der Waals surface area contributed by atoms with Crippen LogP contribution in [0.5, 0.6) is 5.75 Å². The summed E-state index contributed by atoms with van der Waals surface area (Å²) >= 11 is 2.26. The summed E-state index contributed by atoms with van der Waals surface area (Å²) in [5.41, 5.74) is 0. The minimum Gasteiger partial charge on any atom is -0.491 e. The van der Waals surface area contributed by atoms with E-state index in [4.69, 9.17) is 14.6 Å². The average molecular weight is 365 g/mol. The summed E-state index contributed by atoms with van der Waals surface area (Å²) in [5.74, 6) is 0.872. The van der Waals surface area contributed by atoms with E-state index in [-0.39, 0.29) is 6.61 Å². The Balaban J connectivity index is 2.00. The molecule has 1 rings (SSSR count). The fourth-order valence-corrected chi connectivity index (χ4v) is 1.71. The number of aliphatic hydroxyl groups is 1. The Morgan fingerprint density at radius 2 is 1.83 bits per heavy atom. The van der Waals surface area contributed by atoms with Crippen LogP contribution in [0.4, 0.5) is 0 Å². The summed E-state index contributed by atoms with van der Waals surface area (Å²) in [6, 6.07) is 7.94. The first kappa shape index (κ1) is 15.7. The first-order chi connectivity index (χ1) is 8.72. The van der Waals surface area contributed by atoms with Gasteiger partial charge in [0.05, 0.1) is 19.8 Å². The highest BCUT2D eigenvalue weighted by molar-refractivity contribution is 14.1. The molecule has 102 valence electrons. The summed E-state index contributed by atoms with van der Waals surface area (Å²) in [4.78, 5) is 2.03. The van der Waals surface area contributed by atoms with Gasteiger partial charge in [0.2, 0.25) is 0 Å². The maximum Gasteiger partial charge on any atom is 0.119 e. The quantitative estimate of drug-likeness (QED) is 0.534. The van der Waals surface area contributed by atoms with Crippen LogP contribution >= 0.6 is 22.6 Å². The molecular formula is C13H20INO3. The van der Waals surface area contributed by atoms with Crippen molar-refractivity contribution in [2.24, 2.45) is 0 Å². The molecule has 0 aliphatic carbocycles. The molecule has 0 aromatic heterocycles. The molecule has 0 heterocycles. The molecule has 18 heavy (non-hydrogen) atoms. The Bertz CT molecular complexity index is 319. The molecule has 0 aliphatic heterocycles. The van der Waals surface area contributed by atoms with Gasteiger partial charge in [0.25, 0.3) is 0 Å². The van der Waals surface area contributed by atoms with E-state index < -0.39 is 0 Å². The molecular weight excluding hydrogens is 345 g/mol. The van der Waals surface area contributed by atoms with E-state index in [9.17, 15) is 0 Å². The third-order valence-corrected chi connectivity index (χ3v) is 3.13. The minimum absolute atomic E-state index is 0.187. The van der Waals surface area contributed by atoms with Crippen molar-refractivity contribution in [1.82, 2.24) is 4.90 Å². The molecule has 0 saturated heterocycles. The third-order valence-electron chi connectivity index (χ3n) is 2.41. The van der Waals surface area contributed by atoms with Crippen molar-refractivity contribution in [3.05, 3.63) is 27.8 Å². The fourth-order valence-electron chi connectivity index (χ4n) is 1.35. The SMILES string of the molecule is CN(CCO)CCOCCOc1ccc(I)cc1. The van der Waals surface area contributed by atoms with Crippen LogP contribution in [0.3, 0.4) is 0 Å². The normalized spacial score (nSPS) is 10.9. The van der Waals surface area contributed by atoms with Crippen LogP contribution in [-0.2, 0) is 4.74 Å². The molecule has 0 amide bonds. The van der Waals surface area contributed by atoms with E-state index in [0.29, 0.717) is 26.4 Å². The number of rotatable bonds is 9. The zero-order valence-electron chi connectivity index (χ0n) is 10.6. The molecule has 0 radical (unpaired) electrons. The molecule has 0 spiro atoms. The second-order valence-electron chi connectivity index (χ2n) is 3.94. The summed E-state index contributed by atoms with van der Waals surface area (Å²) in [5, 5.41) is 8.72. The number of benzene rings is 1. The predicted octanol–water partition coefficient (Wildman–Crippen LogP) is 1.61. The second kappa shape index (κ2) is 9.55. The van der Waals surface area contributed by atoms with Crippen molar-refractivity contribution in [1.29, 1.82) is 0 Å². The molecule has 0 bridgehead atoms. The lowest BCUT2D eigenvalue weighted by atomic mass is 10.3. The molecule has 0 unspecified atom stereocenters. The number of hydrogen-bond acceptors (Lipinski definition) is 4. The number of nitrogens with zero attached hydrogens (tertiary/aromatic N) is 1. The molecule has 0 aliphatic rings. The van der Waals surface area contributed by atoms with Gasteiger partial charge in [-0.2, -0.15) is 0 Å². The second-order valence-corrected chi connectivity index (χ2v) is 5.19. The molecule has 4 nitrogen and oxygen atoms in total. The van der Waals surface area contributed by atoms with Gasteiger partial charge in [0.15, 0.2) is 0 Å². The molecule has 5 heteroatoms. The molecule has 1 aromatic carbocycles. The first-order valence-corrected chi connectivity index (χ1v) is 7.06. The Kier molecular flexibility index (Phi) is 8.32. The van der Waals surface area contributed by atoms with Crippen LogP contribution in [0.15, 0.2) is 24.3 Å². The highest BCUT2D eigenvalue weighted by Crippen LogP contribution is 2.13. The van der Waals surface area contributed by atoms with E-state index in [2.05, 4.69) is 22.6 Å². The summed E-state index contributed by atoms with van der Waals surface area (Å²) in [6.45, 7) is 3.49.